The van der Waals surface area contributed by atoms with Crippen molar-refractivity contribution in [2.75, 3.05) is 6.54 Å². The molecule has 0 fully saturated rings. The van der Waals surface area contributed by atoms with Crippen molar-refractivity contribution in [3.63, 3.8) is 0 Å². The molecule has 0 heterocycles. The Hall–Kier alpha value is -1.99. The smallest absolute Gasteiger partial charge is 0.243 e. The lowest BCUT2D eigenvalue weighted by molar-refractivity contribution is 0.474. The highest BCUT2D eigenvalue weighted by Crippen LogP contribution is 2.17. The third-order valence-corrected chi connectivity index (χ3v) is 4.30. The standard InChI is InChI=1S/C14H13F2NO3S/c15-12-5-2-6-13(14(12)16)21(19,20)17-8-7-10-3-1-4-11(18)9-10/h1-6,9,17-18H,7-8H2. The van der Waals surface area contributed by atoms with Crippen LogP contribution in [0, 0.1) is 11.6 Å². The molecule has 0 amide bonds. The lowest BCUT2D eigenvalue weighted by Gasteiger charge is -2.08. The van der Waals surface area contributed by atoms with E-state index < -0.39 is 26.6 Å². The molecule has 0 spiro atoms. The maximum atomic E-state index is 13.5. The quantitative estimate of drug-likeness (QED) is 0.889. The zero-order valence-corrected chi connectivity index (χ0v) is 11.7. The fourth-order valence-corrected chi connectivity index (χ4v) is 2.93. The van der Waals surface area contributed by atoms with Crippen LogP contribution in [0.2, 0.25) is 0 Å². The van der Waals surface area contributed by atoms with Gasteiger partial charge in [0, 0.05) is 6.54 Å². The van der Waals surface area contributed by atoms with E-state index in [0.29, 0.717) is 6.42 Å². The average Bonchev–Trinajstić information content (AvgIpc) is 2.41. The minimum Gasteiger partial charge on any atom is -0.508 e. The lowest BCUT2D eigenvalue weighted by Crippen LogP contribution is -2.27. The molecule has 0 saturated carbocycles. The third-order valence-electron chi connectivity index (χ3n) is 2.82. The molecule has 0 aliphatic rings. The van der Waals surface area contributed by atoms with Gasteiger partial charge in [-0.2, -0.15) is 0 Å². The number of aromatic hydroxyl groups is 1. The summed E-state index contributed by atoms with van der Waals surface area (Å²) in [5.41, 5.74) is 0.720. The van der Waals surface area contributed by atoms with E-state index >= 15 is 0 Å². The predicted molar refractivity (Wildman–Crippen MR) is 73.4 cm³/mol. The van der Waals surface area contributed by atoms with Crippen LogP contribution in [0.5, 0.6) is 5.75 Å². The summed E-state index contributed by atoms with van der Waals surface area (Å²) in [6, 6.07) is 9.31. The largest absolute Gasteiger partial charge is 0.508 e. The van der Waals surface area contributed by atoms with Crippen molar-refractivity contribution in [2.45, 2.75) is 11.3 Å². The van der Waals surface area contributed by atoms with E-state index in [1.54, 1.807) is 12.1 Å². The highest BCUT2D eigenvalue weighted by molar-refractivity contribution is 7.89. The summed E-state index contributed by atoms with van der Waals surface area (Å²) in [5.74, 6) is -2.54. The monoisotopic (exact) mass is 313 g/mol. The van der Waals surface area contributed by atoms with Gasteiger partial charge in [0.25, 0.3) is 0 Å². The highest BCUT2D eigenvalue weighted by Gasteiger charge is 2.20. The molecule has 0 bridgehead atoms. The molecule has 0 radical (unpaired) electrons. The summed E-state index contributed by atoms with van der Waals surface area (Å²) < 4.78 is 52.5. The molecule has 0 aliphatic heterocycles. The van der Waals surface area contributed by atoms with E-state index in [2.05, 4.69) is 4.72 Å². The number of halogens is 2. The molecule has 0 saturated heterocycles. The molecular weight excluding hydrogens is 300 g/mol. The highest BCUT2D eigenvalue weighted by atomic mass is 32.2. The molecule has 2 aromatic rings. The van der Waals surface area contributed by atoms with Gasteiger partial charge < -0.3 is 5.11 Å². The van der Waals surface area contributed by atoms with E-state index in [0.717, 1.165) is 23.8 Å². The minimum atomic E-state index is -4.12. The molecule has 7 heteroatoms. The molecule has 21 heavy (non-hydrogen) atoms. The summed E-state index contributed by atoms with van der Waals surface area (Å²) in [7, 11) is -4.12. The van der Waals surface area contributed by atoms with Gasteiger partial charge in [-0.05, 0) is 36.2 Å². The number of phenolic OH excluding ortho intramolecular Hbond substituents is 1. The van der Waals surface area contributed by atoms with E-state index in [-0.39, 0.29) is 12.3 Å². The van der Waals surface area contributed by atoms with Gasteiger partial charge in [0.2, 0.25) is 10.0 Å². The van der Waals surface area contributed by atoms with Crippen LogP contribution in [-0.2, 0) is 16.4 Å². The zero-order valence-electron chi connectivity index (χ0n) is 10.9. The van der Waals surface area contributed by atoms with Crippen molar-refractivity contribution >= 4 is 10.0 Å². The first-order valence-electron chi connectivity index (χ1n) is 6.12. The van der Waals surface area contributed by atoms with Crippen molar-refractivity contribution in [3.8, 4) is 5.75 Å². The fourth-order valence-electron chi connectivity index (χ4n) is 1.81. The minimum absolute atomic E-state index is 0.00173. The predicted octanol–water partition coefficient (Wildman–Crippen LogP) is 2.19. The van der Waals surface area contributed by atoms with Gasteiger partial charge in [-0.15, -0.1) is 0 Å². The van der Waals surface area contributed by atoms with Gasteiger partial charge in [-0.1, -0.05) is 18.2 Å². The van der Waals surface area contributed by atoms with Crippen LogP contribution in [0.1, 0.15) is 5.56 Å². The van der Waals surface area contributed by atoms with Gasteiger partial charge in [0.15, 0.2) is 11.6 Å². The Morgan fingerprint density at radius 3 is 2.52 bits per heavy atom. The molecule has 112 valence electrons. The van der Waals surface area contributed by atoms with E-state index in [1.807, 2.05) is 0 Å². The van der Waals surface area contributed by atoms with Crippen molar-refractivity contribution in [1.82, 2.24) is 4.72 Å². The Balaban J connectivity index is 2.07. The van der Waals surface area contributed by atoms with Crippen molar-refractivity contribution in [2.24, 2.45) is 0 Å². The molecule has 4 nitrogen and oxygen atoms in total. The van der Waals surface area contributed by atoms with Crippen molar-refractivity contribution in [1.29, 1.82) is 0 Å². The fraction of sp³-hybridized carbons (Fsp3) is 0.143. The first-order valence-corrected chi connectivity index (χ1v) is 7.60. The molecule has 0 aromatic heterocycles. The van der Waals surface area contributed by atoms with Gasteiger partial charge in [0.1, 0.15) is 10.6 Å². The SMILES string of the molecule is O=S(=O)(NCCc1cccc(O)c1)c1cccc(F)c1F. The number of rotatable bonds is 5. The molecule has 2 rings (SSSR count). The van der Waals surface area contributed by atoms with E-state index in [4.69, 9.17) is 0 Å². The van der Waals surface area contributed by atoms with Crippen LogP contribution in [0.25, 0.3) is 0 Å². The van der Waals surface area contributed by atoms with Crippen LogP contribution in [0.3, 0.4) is 0 Å². The maximum Gasteiger partial charge on any atom is 0.243 e. The number of benzene rings is 2. The molecule has 0 atom stereocenters. The number of nitrogens with one attached hydrogen (secondary N) is 1. The van der Waals surface area contributed by atoms with E-state index in [9.17, 15) is 22.3 Å². The summed E-state index contributed by atoms with van der Waals surface area (Å²) in [6.07, 6.45) is 0.310. The van der Waals surface area contributed by atoms with Crippen molar-refractivity contribution in [3.05, 3.63) is 59.7 Å². The Morgan fingerprint density at radius 1 is 1.10 bits per heavy atom. The van der Waals surface area contributed by atoms with Crippen LogP contribution in [0.4, 0.5) is 8.78 Å². The molecular formula is C14H13F2NO3S. The van der Waals surface area contributed by atoms with Crippen LogP contribution < -0.4 is 4.72 Å². The Labute approximate surface area is 121 Å². The molecule has 0 unspecified atom stereocenters. The van der Waals surface area contributed by atoms with Crippen LogP contribution >= 0.6 is 0 Å². The molecule has 2 N–H and O–H groups in total. The lowest BCUT2D eigenvalue weighted by atomic mass is 10.1. The first-order chi connectivity index (χ1) is 9.90. The van der Waals surface area contributed by atoms with E-state index in [1.165, 1.54) is 12.1 Å². The normalized spacial score (nSPS) is 11.5. The summed E-state index contributed by atoms with van der Waals surface area (Å²) in [5, 5.41) is 9.29. The first kappa shape index (κ1) is 15.4. The summed E-state index contributed by atoms with van der Waals surface area (Å²) >= 11 is 0. The third kappa shape index (κ3) is 3.77. The van der Waals surface area contributed by atoms with Gasteiger partial charge in [-0.25, -0.2) is 21.9 Å². The van der Waals surface area contributed by atoms with Gasteiger partial charge >= 0.3 is 0 Å². The Kier molecular flexibility index (Phi) is 4.54. The number of phenols is 1. The van der Waals surface area contributed by atoms with Crippen LogP contribution in [-0.4, -0.2) is 20.1 Å². The topological polar surface area (TPSA) is 66.4 Å². The second-order valence-corrected chi connectivity index (χ2v) is 6.11. The molecule has 2 aromatic carbocycles. The second kappa shape index (κ2) is 6.19. The van der Waals surface area contributed by atoms with Gasteiger partial charge in [-0.3, -0.25) is 0 Å². The Bertz CT molecular complexity index is 748. The number of hydrogen-bond acceptors (Lipinski definition) is 3. The number of sulfonamides is 1. The molecule has 0 aliphatic carbocycles. The zero-order chi connectivity index (χ0) is 15.5. The average molecular weight is 313 g/mol. The number of hydrogen-bond donors (Lipinski definition) is 2. The summed E-state index contributed by atoms with van der Waals surface area (Å²) in [6.45, 7) is 0.00173. The van der Waals surface area contributed by atoms with Gasteiger partial charge in [0.05, 0.1) is 0 Å². The van der Waals surface area contributed by atoms with Crippen LogP contribution in [0.15, 0.2) is 47.4 Å². The van der Waals surface area contributed by atoms with Crippen molar-refractivity contribution < 1.29 is 22.3 Å². The second-order valence-electron chi connectivity index (χ2n) is 4.37. The Morgan fingerprint density at radius 2 is 1.81 bits per heavy atom. The maximum absolute atomic E-state index is 13.5. The summed E-state index contributed by atoms with van der Waals surface area (Å²) in [4.78, 5) is -0.724.